The van der Waals surface area contributed by atoms with Crippen LogP contribution in [-0.4, -0.2) is 16.2 Å². The second-order valence-electron chi connectivity index (χ2n) is 9.62. The molecule has 178 valence electrons. The Hall–Kier alpha value is -4.03. The molecule has 1 amide bonds. The largest absolute Gasteiger partial charge is 0.375 e. The highest BCUT2D eigenvalue weighted by Crippen LogP contribution is 2.31. The number of anilines is 1. The second-order valence-corrected chi connectivity index (χ2v) is 9.62. The van der Waals surface area contributed by atoms with Gasteiger partial charge in [-0.1, -0.05) is 87.1 Å². The van der Waals surface area contributed by atoms with Crippen LogP contribution in [0.3, 0.4) is 0 Å². The number of fused-ring (bicyclic) bond motifs is 1. The first-order valence-electron chi connectivity index (χ1n) is 11.4. The van der Waals surface area contributed by atoms with Gasteiger partial charge in [-0.2, -0.15) is 0 Å². The Kier molecular flexibility index (Phi) is 6.41. The molecular formula is C29H28N2O4. The highest BCUT2D eigenvalue weighted by Gasteiger charge is 2.38. The van der Waals surface area contributed by atoms with Crippen molar-refractivity contribution in [1.29, 1.82) is 0 Å². The molecule has 0 aliphatic carbocycles. The normalized spacial score (nSPS) is 13.3. The van der Waals surface area contributed by atoms with Gasteiger partial charge in [-0.05, 0) is 46.4 Å². The Bertz CT molecular complexity index is 1430. The van der Waals surface area contributed by atoms with Gasteiger partial charge in [0, 0.05) is 17.5 Å². The number of aromatic nitrogens is 1. The molecule has 6 nitrogen and oxygen atoms in total. The molecule has 0 spiro atoms. The average molecular weight is 469 g/mol. The van der Waals surface area contributed by atoms with Gasteiger partial charge in [-0.15, -0.1) is 0 Å². The van der Waals surface area contributed by atoms with Crippen LogP contribution in [0.4, 0.5) is 5.69 Å². The fraction of sp³-hybridized carbons (Fsp3) is 0.207. The van der Waals surface area contributed by atoms with E-state index in [1.54, 1.807) is 30.3 Å². The molecule has 0 saturated carbocycles. The summed E-state index contributed by atoms with van der Waals surface area (Å²) in [6, 6.07) is 21.6. The number of nitrogens with one attached hydrogen (secondary N) is 1. The van der Waals surface area contributed by atoms with Gasteiger partial charge in [0.15, 0.2) is 5.60 Å². The summed E-state index contributed by atoms with van der Waals surface area (Å²) in [5, 5.41) is 19.2. The maximum atomic E-state index is 13.6. The molecule has 1 unspecified atom stereocenters. The molecule has 4 aromatic rings. The van der Waals surface area contributed by atoms with Crippen molar-refractivity contribution >= 4 is 28.4 Å². The number of benzene rings is 3. The van der Waals surface area contributed by atoms with Gasteiger partial charge >= 0.3 is 5.63 Å². The molecule has 1 atom stereocenters. The van der Waals surface area contributed by atoms with Crippen molar-refractivity contribution in [3.63, 3.8) is 0 Å². The van der Waals surface area contributed by atoms with E-state index in [1.165, 1.54) is 6.08 Å². The van der Waals surface area contributed by atoms with Gasteiger partial charge < -0.3 is 14.9 Å². The van der Waals surface area contributed by atoms with E-state index < -0.39 is 17.1 Å². The Labute approximate surface area is 203 Å². The van der Waals surface area contributed by atoms with Crippen LogP contribution in [0.15, 0.2) is 88.7 Å². The molecule has 0 fully saturated rings. The minimum Gasteiger partial charge on any atom is -0.375 e. The maximum absolute atomic E-state index is 13.6. The minimum absolute atomic E-state index is 0.0625. The summed E-state index contributed by atoms with van der Waals surface area (Å²) in [5.74, 6) is -0.583. The third kappa shape index (κ3) is 4.93. The van der Waals surface area contributed by atoms with E-state index in [1.807, 2.05) is 42.5 Å². The summed E-state index contributed by atoms with van der Waals surface area (Å²) in [5.41, 5.74) is 0.726. The van der Waals surface area contributed by atoms with Crippen LogP contribution in [0.5, 0.6) is 0 Å². The van der Waals surface area contributed by atoms with Crippen molar-refractivity contribution < 1.29 is 14.4 Å². The fourth-order valence-electron chi connectivity index (χ4n) is 4.03. The third-order valence-corrected chi connectivity index (χ3v) is 6.10. The first kappa shape index (κ1) is 24.1. The minimum atomic E-state index is -1.83. The summed E-state index contributed by atoms with van der Waals surface area (Å²) >= 11 is 0. The second kappa shape index (κ2) is 9.31. The first-order chi connectivity index (χ1) is 16.6. The predicted octanol–water partition coefficient (Wildman–Crippen LogP) is 5.20. The number of hydrogen-bond donors (Lipinski definition) is 2. The molecule has 2 N–H and O–H groups in total. The zero-order valence-corrected chi connectivity index (χ0v) is 20.0. The molecule has 0 radical (unpaired) electrons. The lowest BCUT2D eigenvalue weighted by Gasteiger charge is -2.29. The van der Waals surface area contributed by atoms with Crippen molar-refractivity contribution in [3.05, 3.63) is 112 Å². The van der Waals surface area contributed by atoms with Gasteiger partial charge in [-0.3, -0.25) is 4.79 Å². The summed E-state index contributed by atoms with van der Waals surface area (Å²) < 4.78 is 4.79. The van der Waals surface area contributed by atoms with Crippen molar-refractivity contribution in [2.45, 2.75) is 38.2 Å². The zero-order valence-electron chi connectivity index (χ0n) is 20.0. The molecule has 6 heteroatoms. The average Bonchev–Trinajstić information content (AvgIpc) is 2.84. The molecule has 0 bridgehead atoms. The highest BCUT2D eigenvalue weighted by atomic mass is 16.5. The first-order valence-corrected chi connectivity index (χ1v) is 11.4. The van der Waals surface area contributed by atoms with Gasteiger partial charge in [0.2, 0.25) is 0 Å². The van der Waals surface area contributed by atoms with E-state index in [0.717, 1.165) is 11.1 Å². The Morgan fingerprint density at radius 3 is 2.29 bits per heavy atom. The predicted molar refractivity (Wildman–Crippen MR) is 138 cm³/mol. The van der Waals surface area contributed by atoms with E-state index in [-0.39, 0.29) is 11.8 Å². The van der Waals surface area contributed by atoms with Crippen LogP contribution in [-0.2, 0) is 22.2 Å². The molecule has 0 saturated heterocycles. The smallest absolute Gasteiger partial charge is 0.366 e. The van der Waals surface area contributed by atoms with Gasteiger partial charge in [0.05, 0.1) is 5.39 Å². The van der Waals surface area contributed by atoms with Crippen molar-refractivity contribution in [1.82, 2.24) is 5.16 Å². The number of carbonyl (C=O) groups excluding carboxylic acids is 1. The third-order valence-electron chi connectivity index (χ3n) is 6.10. The highest BCUT2D eigenvalue weighted by molar-refractivity contribution is 6.00. The quantitative estimate of drug-likeness (QED) is 0.406. The molecule has 4 rings (SSSR count). The van der Waals surface area contributed by atoms with E-state index in [2.05, 4.69) is 37.8 Å². The van der Waals surface area contributed by atoms with Crippen LogP contribution >= 0.6 is 0 Å². The fourth-order valence-corrected chi connectivity index (χ4v) is 4.03. The maximum Gasteiger partial charge on any atom is 0.366 e. The van der Waals surface area contributed by atoms with Crippen LogP contribution in [0, 0.1) is 0 Å². The number of aliphatic hydroxyl groups is 1. The van der Waals surface area contributed by atoms with Gasteiger partial charge in [-0.25, -0.2) is 4.79 Å². The number of nitrogens with zero attached hydrogens (tertiary/aromatic N) is 1. The number of amides is 1. The van der Waals surface area contributed by atoms with Crippen LogP contribution in [0.1, 0.15) is 43.2 Å². The molecule has 35 heavy (non-hydrogen) atoms. The lowest BCUT2D eigenvalue weighted by Crippen LogP contribution is -2.42. The molecule has 1 aromatic heterocycles. The summed E-state index contributed by atoms with van der Waals surface area (Å²) in [4.78, 5) is 25.6. The Morgan fingerprint density at radius 2 is 1.66 bits per heavy atom. The lowest BCUT2D eigenvalue weighted by molar-refractivity contribution is -0.135. The molecule has 0 aliphatic rings. The topological polar surface area (TPSA) is 92.4 Å². The van der Waals surface area contributed by atoms with Gasteiger partial charge in [0.1, 0.15) is 5.69 Å². The van der Waals surface area contributed by atoms with E-state index in [9.17, 15) is 14.7 Å². The van der Waals surface area contributed by atoms with Crippen LogP contribution in [0.2, 0.25) is 0 Å². The standard InChI is InChI=1S/C29H28N2O4/c1-5-25-24-17-22(15-16-23(24)26(32)35-31-25)30-27(33)29(34,18-19-9-7-6-8-10-19)21-13-11-20(12-14-21)28(2,3)4/h5-17,34H,1,18H2,2-4H3,(H,30,33). The van der Waals surface area contributed by atoms with Crippen LogP contribution in [0.25, 0.3) is 16.8 Å². The SMILES string of the molecule is C=Cc1noc(=O)c2ccc(NC(=O)C(O)(Cc3ccccc3)c3ccc(C(C)(C)C)cc3)cc12. The monoisotopic (exact) mass is 468 g/mol. The van der Waals surface area contributed by atoms with Crippen molar-refractivity contribution in [3.8, 4) is 0 Å². The Morgan fingerprint density at radius 1 is 1.00 bits per heavy atom. The molecular weight excluding hydrogens is 440 g/mol. The van der Waals surface area contributed by atoms with Gasteiger partial charge in [0.25, 0.3) is 5.91 Å². The zero-order chi connectivity index (χ0) is 25.2. The van der Waals surface area contributed by atoms with E-state index in [4.69, 9.17) is 4.52 Å². The summed E-state index contributed by atoms with van der Waals surface area (Å²) in [7, 11) is 0. The number of rotatable bonds is 6. The molecule has 1 heterocycles. The number of hydrogen-bond acceptors (Lipinski definition) is 5. The lowest BCUT2D eigenvalue weighted by atomic mass is 9.82. The van der Waals surface area contributed by atoms with Crippen molar-refractivity contribution in [2.75, 3.05) is 5.32 Å². The van der Waals surface area contributed by atoms with E-state index >= 15 is 0 Å². The molecule has 0 aliphatic heterocycles. The number of carbonyl (C=O) groups is 1. The van der Waals surface area contributed by atoms with Crippen molar-refractivity contribution in [2.24, 2.45) is 0 Å². The van der Waals surface area contributed by atoms with Crippen LogP contribution < -0.4 is 10.9 Å². The Balaban J connectivity index is 1.74. The molecule has 3 aromatic carbocycles. The van der Waals surface area contributed by atoms with E-state index in [0.29, 0.717) is 27.7 Å². The summed E-state index contributed by atoms with van der Waals surface area (Å²) in [6.07, 6.45) is 1.56. The summed E-state index contributed by atoms with van der Waals surface area (Å²) in [6.45, 7) is 10.0.